The van der Waals surface area contributed by atoms with Crippen molar-refractivity contribution in [3.05, 3.63) is 33.3 Å². The molecule has 1 atom stereocenters. The minimum atomic E-state index is -1.07. The smallest absolute Gasteiger partial charge is 0.128 e. The lowest BCUT2D eigenvalue weighted by Gasteiger charge is -2.09. The van der Waals surface area contributed by atoms with Gasteiger partial charge in [0.1, 0.15) is 6.17 Å². The van der Waals surface area contributed by atoms with Crippen molar-refractivity contribution in [3.63, 3.8) is 0 Å². The molecule has 0 aromatic heterocycles. The van der Waals surface area contributed by atoms with Crippen LogP contribution < -0.4 is 5.73 Å². The third-order valence-corrected chi connectivity index (χ3v) is 2.55. The molecule has 0 spiro atoms. The van der Waals surface area contributed by atoms with Gasteiger partial charge in [0.25, 0.3) is 0 Å². The molecular formula is C9H10BrClFN. The largest absolute Gasteiger partial charge is 0.330 e. The van der Waals surface area contributed by atoms with E-state index in [1.165, 1.54) is 0 Å². The first-order valence-electron chi connectivity index (χ1n) is 3.94. The Kier molecular flexibility index (Phi) is 4.16. The fourth-order valence-electron chi connectivity index (χ4n) is 1.06. The average Bonchev–Trinajstić information content (AvgIpc) is 2.09. The summed E-state index contributed by atoms with van der Waals surface area (Å²) in [6, 6.07) is 5.13. The van der Waals surface area contributed by atoms with E-state index in [-0.39, 0.29) is 0 Å². The molecule has 1 aromatic carbocycles. The van der Waals surface area contributed by atoms with Gasteiger partial charge in [-0.2, -0.15) is 0 Å². The van der Waals surface area contributed by atoms with E-state index in [1.54, 1.807) is 18.2 Å². The van der Waals surface area contributed by atoms with E-state index in [0.29, 0.717) is 23.6 Å². The van der Waals surface area contributed by atoms with E-state index >= 15 is 0 Å². The Bertz CT molecular complexity index is 293. The van der Waals surface area contributed by atoms with E-state index < -0.39 is 6.17 Å². The summed E-state index contributed by atoms with van der Waals surface area (Å²) in [7, 11) is 0. The highest BCUT2D eigenvalue weighted by Gasteiger charge is 2.12. The van der Waals surface area contributed by atoms with Gasteiger partial charge in [-0.3, -0.25) is 0 Å². The second kappa shape index (κ2) is 4.94. The Morgan fingerprint density at radius 3 is 2.85 bits per heavy atom. The Morgan fingerprint density at radius 1 is 1.54 bits per heavy atom. The molecule has 0 saturated heterocycles. The van der Waals surface area contributed by atoms with Crippen LogP contribution in [0.4, 0.5) is 4.39 Å². The van der Waals surface area contributed by atoms with Gasteiger partial charge in [-0.25, -0.2) is 4.39 Å². The molecule has 0 aliphatic rings. The van der Waals surface area contributed by atoms with Gasteiger partial charge in [0.2, 0.25) is 0 Å². The lowest BCUT2D eigenvalue weighted by molar-refractivity contribution is 0.328. The lowest BCUT2D eigenvalue weighted by Crippen LogP contribution is -2.04. The van der Waals surface area contributed by atoms with E-state index in [2.05, 4.69) is 15.9 Å². The highest BCUT2D eigenvalue weighted by Crippen LogP contribution is 2.30. The molecule has 2 N–H and O–H groups in total. The van der Waals surface area contributed by atoms with Gasteiger partial charge < -0.3 is 5.73 Å². The van der Waals surface area contributed by atoms with Crippen molar-refractivity contribution in [3.8, 4) is 0 Å². The number of alkyl halides is 1. The number of nitrogens with two attached hydrogens (primary N) is 1. The number of rotatable bonds is 3. The zero-order valence-electron chi connectivity index (χ0n) is 6.93. The van der Waals surface area contributed by atoms with Crippen molar-refractivity contribution in [2.45, 2.75) is 12.6 Å². The maximum absolute atomic E-state index is 13.4. The molecule has 1 unspecified atom stereocenters. The zero-order chi connectivity index (χ0) is 9.84. The van der Waals surface area contributed by atoms with Gasteiger partial charge in [0, 0.05) is 15.1 Å². The van der Waals surface area contributed by atoms with Crippen LogP contribution in [-0.2, 0) is 0 Å². The van der Waals surface area contributed by atoms with E-state index in [4.69, 9.17) is 17.3 Å². The molecule has 0 aliphatic heterocycles. The third kappa shape index (κ3) is 2.93. The normalized spacial score (nSPS) is 12.9. The summed E-state index contributed by atoms with van der Waals surface area (Å²) in [6.07, 6.45) is -0.772. The van der Waals surface area contributed by atoms with Crippen molar-refractivity contribution < 1.29 is 4.39 Å². The first kappa shape index (κ1) is 11.0. The maximum atomic E-state index is 13.4. The molecule has 1 rings (SSSR count). The van der Waals surface area contributed by atoms with Crippen molar-refractivity contribution in [1.82, 2.24) is 0 Å². The van der Waals surface area contributed by atoms with Crippen LogP contribution in [0.5, 0.6) is 0 Å². The summed E-state index contributed by atoms with van der Waals surface area (Å²) in [5.41, 5.74) is 5.76. The molecule has 72 valence electrons. The highest BCUT2D eigenvalue weighted by atomic mass is 79.9. The Hall–Kier alpha value is -0.120. The molecule has 13 heavy (non-hydrogen) atoms. The minimum absolute atomic E-state index is 0.302. The fourth-order valence-corrected chi connectivity index (χ4v) is 1.67. The Morgan fingerprint density at radius 2 is 2.23 bits per heavy atom. The van der Waals surface area contributed by atoms with Crippen LogP contribution in [0.25, 0.3) is 0 Å². The standard InChI is InChI=1S/C9H10BrClFN/c10-6-1-2-8(11)7(5-6)9(12)3-4-13/h1-2,5,9H,3-4,13H2. The van der Waals surface area contributed by atoms with Crippen LogP contribution in [-0.4, -0.2) is 6.54 Å². The predicted octanol–water partition coefficient (Wildman–Crippen LogP) is 3.46. The van der Waals surface area contributed by atoms with Gasteiger partial charge in [-0.05, 0) is 31.2 Å². The van der Waals surface area contributed by atoms with E-state index in [9.17, 15) is 4.39 Å². The highest BCUT2D eigenvalue weighted by molar-refractivity contribution is 9.10. The summed E-state index contributed by atoms with van der Waals surface area (Å²) in [5.74, 6) is 0. The summed E-state index contributed by atoms with van der Waals surface area (Å²) in [6.45, 7) is 0.323. The lowest BCUT2D eigenvalue weighted by atomic mass is 10.1. The van der Waals surface area contributed by atoms with Crippen LogP contribution in [0.3, 0.4) is 0 Å². The number of benzene rings is 1. The van der Waals surface area contributed by atoms with Crippen molar-refractivity contribution >= 4 is 27.5 Å². The second-order valence-electron chi connectivity index (χ2n) is 2.71. The van der Waals surface area contributed by atoms with Crippen molar-refractivity contribution in [2.24, 2.45) is 5.73 Å². The monoisotopic (exact) mass is 265 g/mol. The topological polar surface area (TPSA) is 26.0 Å². The van der Waals surface area contributed by atoms with Gasteiger partial charge in [0.05, 0.1) is 0 Å². The number of hydrogen-bond donors (Lipinski definition) is 1. The first-order valence-corrected chi connectivity index (χ1v) is 5.11. The Balaban J connectivity index is 2.91. The Labute approximate surface area is 90.2 Å². The average molecular weight is 267 g/mol. The van der Waals surface area contributed by atoms with Crippen LogP contribution in [0.2, 0.25) is 5.02 Å². The molecule has 1 nitrogen and oxygen atoms in total. The van der Waals surface area contributed by atoms with Gasteiger partial charge in [-0.1, -0.05) is 27.5 Å². The van der Waals surface area contributed by atoms with Crippen LogP contribution >= 0.6 is 27.5 Å². The quantitative estimate of drug-likeness (QED) is 0.891. The van der Waals surface area contributed by atoms with Crippen LogP contribution in [0.1, 0.15) is 18.2 Å². The van der Waals surface area contributed by atoms with Gasteiger partial charge in [0.15, 0.2) is 0 Å². The molecule has 1 aromatic rings. The fraction of sp³-hybridized carbons (Fsp3) is 0.333. The summed E-state index contributed by atoms with van der Waals surface area (Å²) < 4.78 is 14.2. The molecule has 0 heterocycles. The molecule has 0 saturated carbocycles. The second-order valence-corrected chi connectivity index (χ2v) is 4.03. The van der Waals surface area contributed by atoms with Gasteiger partial charge >= 0.3 is 0 Å². The molecule has 4 heteroatoms. The molecule has 0 bridgehead atoms. The summed E-state index contributed by atoms with van der Waals surface area (Å²) >= 11 is 9.08. The summed E-state index contributed by atoms with van der Waals surface area (Å²) in [5, 5.41) is 0.448. The molecule has 0 aliphatic carbocycles. The van der Waals surface area contributed by atoms with Crippen LogP contribution in [0.15, 0.2) is 22.7 Å². The molecule has 0 radical (unpaired) electrons. The number of halogens is 3. The number of hydrogen-bond acceptors (Lipinski definition) is 1. The molecular weight excluding hydrogens is 256 g/mol. The van der Waals surface area contributed by atoms with Crippen molar-refractivity contribution in [2.75, 3.05) is 6.54 Å². The van der Waals surface area contributed by atoms with Crippen LogP contribution in [0, 0.1) is 0 Å². The molecule has 0 amide bonds. The third-order valence-electron chi connectivity index (χ3n) is 1.72. The van der Waals surface area contributed by atoms with E-state index in [0.717, 1.165) is 4.47 Å². The minimum Gasteiger partial charge on any atom is -0.330 e. The van der Waals surface area contributed by atoms with E-state index in [1.807, 2.05) is 0 Å². The van der Waals surface area contributed by atoms with Gasteiger partial charge in [-0.15, -0.1) is 0 Å². The predicted molar refractivity (Wildman–Crippen MR) is 56.7 cm³/mol. The van der Waals surface area contributed by atoms with Crippen molar-refractivity contribution in [1.29, 1.82) is 0 Å². The maximum Gasteiger partial charge on any atom is 0.128 e. The molecule has 0 fully saturated rings. The summed E-state index contributed by atoms with van der Waals surface area (Å²) in [4.78, 5) is 0. The SMILES string of the molecule is NCCC(F)c1cc(Br)ccc1Cl. The zero-order valence-corrected chi connectivity index (χ0v) is 9.28. The first-order chi connectivity index (χ1) is 6.15.